The SMILES string of the molecule is Cc1cccc(C)c1-n1c(SC(C(=O)NCc2cccnc2)C(C)C)nc2ccccc2c1=O. The van der Waals surface area contributed by atoms with Crippen molar-refractivity contribution in [2.45, 2.75) is 44.6 Å². The quantitative estimate of drug-likeness (QED) is 0.308. The van der Waals surface area contributed by atoms with Crippen LogP contribution in [-0.2, 0) is 11.3 Å². The maximum absolute atomic E-state index is 13.7. The molecule has 1 amide bonds. The van der Waals surface area contributed by atoms with Gasteiger partial charge in [-0.15, -0.1) is 0 Å². The Labute approximate surface area is 203 Å². The van der Waals surface area contributed by atoms with Crippen LogP contribution in [-0.4, -0.2) is 25.7 Å². The zero-order chi connectivity index (χ0) is 24.2. The summed E-state index contributed by atoms with van der Waals surface area (Å²) in [6, 6.07) is 17.1. The van der Waals surface area contributed by atoms with Gasteiger partial charge in [0.05, 0.1) is 21.8 Å². The van der Waals surface area contributed by atoms with Crippen molar-refractivity contribution in [2.24, 2.45) is 5.92 Å². The van der Waals surface area contributed by atoms with Crippen LogP contribution >= 0.6 is 11.8 Å². The van der Waals surface area contributed by atoms with Gasteiger partial charge in [0.1, 0.15) is 0 Å². The number of carbonyl (C=O) groups is 1. The minimum atomic E-state index is -0.430. The maximum atomic E-state index is 13.7. The number of aryl methyl sites for hydroxylation is 2. The number of aromatic nitrogens is 3. The Morgan fingerprint density at radius 3 is 2.44 bits per heavy atom. The summed E-state index contributed by atoms with van der Waals surface area (Å²) in [7, 11) is 0. The van der Waals surface area contributed by atoms with Crippen molar-refractivity contribution in [1.29, 1.82) is 0 Å². The zero-order valence-electron chi connectivity index (χ0n) is 19.8. The summed E-state index contributed by atoms with van der Waals surface area (Å²) in [5.41, 5.74) is 4.18. The molecule has 0 saturated heterocycles. The molecule has 4 aromatic rings. The molecule has 6 nitrogen and oxygen atoms in total. The van der Waals surface area contributed by atoms with E-state index in [1.165, 1.54) is 11.8 Å². The number of nitrogens with zero attached hydrogens (tertiary/aromatic N) is 3. The first-order chi connectivity index (χ1) is 16.4. The molecule has 174 valence electrons. The molecule has 1 atom stereocenters. The predicted octanol–water partition coefficient (Wildman–Crippen LogP) is 4.83. The summed E-state index contributed by atoms with van der Waals surface area (Å²) in [6.07, 6.45) is 3.44. The van der Waals surface area contributed by atoms with Crippen LogP contribution in [0.5, 0.6) is 0 Å². The zero-order valence-corrected chi connectivity index (χ0v) is 20.6. The van der Waals surface area contributed by atoms with E-state index < -0.39 is 5.25 Å². The third-order valence-corrected chi connectivity index (χ3v) is 7.19. The molecule has 2 aromatic heterocycles. The highest BCUT2D eigenvalue weighted by molar-refractivity contribution is 8.00. The van der Waals surface area contributed by atoms with Crippen LogP contribution < -0.4 is 10.9 Å². The van der Waals surface area contributed by atoms with Crippen LogP contribution in [0, 0.1) is 19.8 Å². The Balaban J connectivity index is 1.77. The first kappa shape index (κ1) is 23.7. The van der Waals surface area contributed by atoms with Crippen molar-refractivity contribution < 1.29 is 4.79 Å². The van der Waals surface area contributed by atoms with Crippen LogP contribution in [0.2, 0.25) is 0 Å². The fourth-order valence-corrected chi connectivity index (χ4v) is 5.07. The third-order valence-electron chi connectivity index (χ3n) is 5.69. The highest BCUT2D eigenvalue weighted by Gasteiger charge is 2.27. The van der Waals surface area contributed by atoms with Crippen molar-refractivity contribution in [2.75, 3.05) is 0 Å². The fraction of sp³-hybridized carbons (Fsp3) is 0.259. The Morgan fingerprint density at radius 1 is 1.03 bits per heavy atom. The molecule has 2 aromatic carbocycles. The highest BCUT2D eigenvalue weighted by atomic mass is 32.2. The van der Waals surface area contributed by atoms with Crippen molar-refractivity contribution in [3.63, 3.8) is 0 Å². The Kier molecular flexibility index (Phi) is 7.12. The molecule has 34 heavy (non-hydrogen) atoms. The summed E-state index contributed by atoms with van der Waals surface area (Å²) >= 11 is 1.33. The average Bonchev–Trinajstić information content (AvgIpc) is 2.83. The van der Waals surface area contributed by atoms with Gasteiger partial charge in [0, 0.05) is 18.9 Å². The number of nitrogens with one attached hydrogen (secondary N) is 1. The lowest BCUT2D eigenvalue weighted by molar-refractivity contribution is -0.121. The van der Waals surface area contributed by atoms with Crippen LogP contribution in [0.1, 0.15) is 30.5 Å². The largest absolute Gasteiger partial charge is 0.351 e. The molecule has 4 rings (SSSR count). The van der Waals surface area contributed by atoms with Gasteiger partial charge in [-0.1, -0.05) is 62.0 Å². The van der Waals surface area contributed by atoms with E-state index in [1.54, 1.807) is 23.0 Å². The molecule has 0 spiro atoms. The van der Waals surface area contributed by atoms with E-state index in [0.717, 1.165) is 22.4 Å². The number of hydrogen-bond acceptors (Lipinski definition) is 5. The van der Waals surface area contributed by atoms with Gasteiger partial charge in [-0.05, 0) is 54.7 Å². The third kappa shape index (κ3) is 4.89. The van der Waals surface area contributed by atoms with Gasteiger partial charge in [0.25, 0.3) is 5.56 Å². The number of pyridine rings is 1. The minimum Gasteiger partial charge on any atom is -0.351 e. The van der Waals surface area contributed by atoms with Gasteiger partial charge in [-0.3, -0.25) is 19.1 Å². The van der Waals surface area contributed by atoms with E-state index in [4.69, 9.17) is 4.98 Å². The van der Waals surface area contributed by atoms with E-state index in [1.807, 2.05) is 76.2 Å². The predicted molar refractivity (Wildman–Crippen MR) is 137 cm³/mol. The molecule has 2 heterocycles. The van der Waals surface area contributed by atoms with Crippen LogP contribution in [0.4, 0.5) is 0 Å². The molecule has 0 aliphatic rings. The summed E-state index contributed by atoms with van der Waals surface area (Å²) in [4.78, 5) is 35.9. The van der Waals surface area contributed by atoms with Gasteiger partial charge < -0.3 is 5.32 Å². The van der Waals surface area contributed by atoms with Gasteiger partial charge in [0.15, 0.2) is 5.16 Å². The molecule has 0 aliphatic heterocycles. The Morgan fingerprint density at radius 2 is 1.76 bits per heavy atom. The number of thioether (sulfide) groups is 1. The van der Waals surface area contributed by atoms with Crippen molar-refractivity contribution >= 4 is 28.6 Å². The van der Waals surface area contributed by atoms with Crippen LogP contribution in [0.25, 0.3) is 16.6 Å². The first-order valence-corrected chi connectivity index (χ1v) is 12.2. The number of para-hydroxylation sites is 2. The van der Waals surface area contributed by atoms with E-state index in [-0.39, 0.29) is 17.4 Å². The molecular formula is C27H28N4O2S. The standard InChI is InChI=1S/C27H28N4O2S/c1-17(2)24(25(32)29-16-20-11-8-14-28-15-20)34-27-30-22-13-6-5-12-21(22)26(33)31(27)23-18(3)9-7-10-19(23)4/h5-15,17,24H,16H2,1-4H3,(H,29,32). The molecule has 0 fully saturated rings. The van der Waals surface area contributed by atoms with Gasteiger partial charge in [-0.2, -0.15) is 0 Å². The normalized spacial score (nSPS) is 12.1. The summed E-state index contributed by atoms with van der Waals surface area (Å²) < 4.78 is 1.67. The summed E-state index contributed by atoms with van der Waals surface area (Å²) in [6.45, 7) is 8.37. The van der Waals surface area contributed by atoms with Gasteiger partial charge in [0.2, 0.25) is 5.91 Å². The number of hydrogen-bond donors (Lipinski definition) is 1. The van der Waals surface area contributed by atoms with E-state index in [2.05, 4.69) is 10.3 Å². The lowest BCUT2D eigenvalue weighted by Crippen LogP contribution is -2.36. The van der Waals surface area contributed by atoms with E-state index >= 15 is 0 Å². The monoisotopic (exact) mass is 472 g/mol. The second kappa shape index (κ2) is 10.2. The molecule has 0 bridgehead atoms. The second-order valence-electron chi connectivity index (χ2n) is 8.65. The van der Waals surface area contributed by atoms with Crippen molar-refractivity contribution in [3.8, 4) is 5.69 Å². The maximum Gasteiger partial charge on any atom is 0.266 e. The Bertz CT molecular complexity index is 1360. The molecule has 1 N–H and O–H groups in total. The van der Waals surface area contributed by atoms with Crippen molar-refractivity contribution in [1.82, 2.24) is 19.9 Å². The molecule has 0 radical (unpaired) electrons. The number of carbonyl (C=O) groups excluding carboxylic acids is 1. The fourth-order valence-electron chi connectivity index (χ4n) is 3.95. The molecule has 7 heteroatoms. The molecule has 0 aliphatic carbocycles. The molecular weight excluding hydrogens is 444 g/mol. The Hall–Kier alpha value is -3.45. The number of rotatable bonds is 7. The lowest BCUT2D eigenvalue weighted by atomic mass is 10.1. The lowest BCUT2D eigenvalue weighted by Gasteiger charge is -2.23. The molecule has 1 unspecified atom stereocenters. The smallest absolute Gasteiger partial charge is 0.266 e. The van der Waals surface area contributed by atoms with Crippen molar-refractivity contribution in [3.05, 3.63) is 94.0 Å². The topological polar surface area (TPSA) is 76.9 Å². The molecule has 0 saturated carbocycles. The van der Waals surface area contributed by atoms with E-state index in [0.29, 0.717) is 22.6 Å². The average molecular weight is 473 g/mol. The second-order valence-corrected chi connectivity index (χ2v) is 9.76. The highest BCUT2D eigenvalue weighted by Crippen LogP contribution is 2.31. The number of benzene rings is 2. The number of amides is 1. The first-order valence-electron chi connectivity index (χ1n) is 11.3. The number of fused-ring (bicyclic) bond motifs is 1. The minimum absolute atomic E-state index is 0.0219. The summed E-state index contributed by atoms with van der Waals surface area (Å²) in [5.74, 6) is -0.0759. The van der Waals surface area contributed by atoms with Crippen LogP contribution in [0.15, 0.2) is 76.9 Å². The van der Waals surface area contributed by atoms with Crippen LogP contribution in [0.3, 0.4) is 0 Å². The van der Waals surface area contributed by atoms with Gasteiger partial charge in [-0.25, -0.2) is 4.98 Å². The van der Waals surface area contributed by atoms with Gasteiger partial charge >= 0.3 is 0 Å². The summed E-state index contributed by atoms with van der Waals surface area (Å²) in [5, 5.41) is 3.65. The van der Waals surface area contributed by atoms with E-state index in [9.17, 15) is 9.59 Å².